The molecule has 2 aromatic rings. The van der Waals surface area contributed by atoms with E-state index >= 15 is 0 Å². The van der Waals surface area contributed by atoms with Crippen molar-refractivity contribution in [3.05, 3.63) is 46.9 Å². The van der Waals surface area contributed by atoms with Crippen molar-refractivity contribution in [1.82, 2.24) is 9.03 Å². The minimum absolute atomic E-state index is 0.0554. The Bertz CT molecular complexity index is 1080. The topological polar surface area (TPSA) is 102 Å². The average molecular weight is 519 g/mol. The molecule has 1 aliphatic heterocycles. The summed E-state index contributed by atoms with van der Waals surface area (Å²) in [7, 11) is -5.67. The molecular weight excluding hydrogens is 496 g/mol. The highest BCUT2D eigenvalue weighted by Gasteiger charge is 2.27. The summed E-state index contributed by atoms with van der Waals surface area (Å²) >= 11 is 3.27. The molecule has 0 unspecified atom stereocenters. The summed E-state index contributed by atoms with van der Waals surface area (Å²) in [5.41, 5.74) is 0. The van der Waals surface area contributed by atoms with E-state index in [0.717, 1.165) is 12.8 Å². The van der Waals surface area contributed by atoms with Crippen LogP contribution in [0.15, 0.2) is 56.7 Å². The number of hydrogen-bond donors (Lipinski definition) is 1. The third kappa shape index (κ3) is 5.33. The normalized spacial score (nSPS) is 15.3. The predicted octanol–water partition coefficient (Wildman–Crippen LogP) is 2.60. The molecule has 3 rings (SSSR count). The number of nitrogens with one attached hydrogen (secondary N) is 1. The number of methoxy groups -OCH3 is 1. The van der Waals surface area contributed by atoms with Crippen molar-refractivity contribution >= 4 is 36.0 Å². The second-order valence-electron chi connectivity index (χ2n) is 6.63. The highest BCUT2D eigenvalue weighted by molar-refractivity contribution is 9.10. The molecule has 0 radical (unpaired) electrons. The third-order valence-electron chi connectivity index (χ3n) is 4.62. The molecule has 0 aromatic heterocycles. The summed E-state index contributed by atoms with van der Waals surface area (Å²) in [5, 5.41) is 0. The van der Waals surface area contributed by atoms with Crippen molar-refractivity contribution in [2.75, 3.05) is 33.4 Å². The number of sulfonamides is 2. The number of rotatable bonds is 9. The van der Waals surface area contributed by atoms with E-state index in [2.05, 4.69) is 20.7 Å². The maximum Gasteiger partial charge on any atom is 0.243 e. The highest BCUT2D eigenvalue weighted by Crippen LogP contribution is 2.27. The Balaban J connectivity index is 1.53. The number of hydrogen-bond acceptors (Lipinski definition) is 6. The molecule has 0 spiro atoms. The molecule has 8 nitrogen and oxygen atoms in total. The van der Waals surface area contributed by atoms with Crippen molar-refractivity contribution < 1.29 is 26.3 Å². The van der Waals surface area contributed by atoms with E-state index in [1.54, 1.807) is 18.2 Å². The van der Waals surface area contributed by atoms with Gasteiger partial charge in [-0.2, -0.15) is 4.31 Å². The van der Waals surface area contributed by atoms with E-state index in [4.69, 9.17) is 9.47 Å². The molecular formula is C19H23BrN2O6S2. The van der Waals surface area contributed by atoms with E-state index in [1.807, 2.05) is 0 Å². The number of nitrogens with zero attached hydrogens (tertiary/aromatic N) is 1. The Kier molecular flexibility index (Phi) is 7.40. The summed E-state index contributed by atoms with van der Waals surface area (Å²) < 4.78 is 64.9. The van der Waals surface area contributed by atoms with Gasteiger partial charge in [0, 0.05) is 19.6 Å². The van der Waals surface area contributed by atoms with Crippen LogP contribution in [0.3, 0.4) is 0 Å². The van der Waals surface area contributed by atoms with Crippen LogP contribution in [0.2, 0.25) is 0 Å². The molecule has 0 bridgehead atoms. The largest absolute Gasteiger partial charge is 0.496 e. The van der Waals surface area contributed by atoms with E-state index in [9.17, 15) is 16.8 Å². The minimum Gasteiger partial charge on any atom is -0.496 e. The quantitative estimate of drug-likeness (QED) is 0.512. The molecule has 164 valence electrons. The van der Waals surface area contributed by atoms with Gasteiger partial charge in [-0.25, -0.2) is 21.6 Å². The highest BCUT2D eigenvalue weighted by atomic mass is 79.9. The Morgan fingerprint density at radius 2 is 1.63 bits per heavy atom. The molecule has 0 atom stereocenters. The van der Waals surface area contributed by atoms with E-state index < -0.39 is 20.0 Å². The van der Waals surface area contributed by atoms with Gasteiger partial charge in [0.25, 0.3) is 0 Å². The van der Waals surface area contributed by atoms with E-state index in [1.165, 1.54) is 35.7 Å². The summed E-state index contributed by atoms with van der Waals surface area (Å²) in [6.07, 6.45) is 1.76. The van der Waals surface area contributed by atoms with Crippen LogP contribution in [0.25, 0.3) is 0 Å². The molecule has 30 heavy (non-hydrogen) atoms. The van der Waals surface area contributed by atoms with Crippen molar-refractivity contribution in [2.45, 2.75) is 22.6 Å². The fourth-order valence-electron chi connectivity index (χ4n) is 3.03. The first-order valence-corrected chi connectivity index (χ1v) is 13.0. The van der Waals surface area contributed by atoms with Crippen LogP contribution < -0.4 is 14.2 Å². The maximum absolute atomic E-state index is 12.5. The van der Waals surface area contributed by atoms with Crippen LogP contribution in [0, 0.1) is 0 Å². The lowest BCUT2D eigenvalue weighted by Gasteiger charge is -2.15. The summed E-state index contributed by atoms with van der Waals surface area (Å²) in [5.74, 6) is 0.995. The first kappa shape index (κ1) is 23.0. The monoisotopic (exact) mass is 518 g/mol. The zero-order valence-electron chi connectivity index (χ0n) is 16.4. The molecule has 0 aliphatic carbocycles. The first-order chi connectivity index (χ1) is 14.2. The van der Waals surface area contributed by atoms with Crippen molar-refractivity contribution in [3.63, 3.8) is 0 Å². The Morgan fingerprint density at radius 1 is 1.00 bits per heavy atom. The maximum atomic E-state index is 12.5. The van der Waals surface area contributed by atoms with Crippen LogP contribution in [0.1, 0.15) is 12.8 Å². The fourth-order valence-corrected chi connectivity index (χ4v) is 6.28. The van der Waals surface area contributed by atoms with Gasteiger partial charge < -0.3 is 9.47 Å². The third-order valence-corrected chi connectivity index (χ3v) is 8.61. The van der Waals surface area contributed by atoms with Crippen LogP contribution in [0.4, 0.5) is 0 Å². The summed E-state index contributed by atoms with van der Waals surface area (Å²) in [4.78, 5) is 0.328. The van der Waals surface area contributed by atoms with Gasteiger partial charge >= 0.3 is 0 Å². The van der Waals surface area contributed by atoms with Gasteiger partial charge in [-0.15, -0.1) is 0 Å². The smallest absolute Gasteiger partial charge is 0.243 e. The van der Waals surface area contributed by atoms with Crippen LogP contribution in [-0.2, 0) is 20.0 Å². The molecule has 2 aromatic carbocycles. The van der Waals surface area contributed by atoms with Crippen LogP contribution in [0.5, 0.6) is 11.5 Å². The first-order valence-electron chi connectivity index (χ1n) is 9.30. The second-order valence-corrected chi connectivity index (χ2v) is 11.2. The van der Waals surface area contributed by atoms with E-state index in [-0.39, 0.29) is 22.9 Å². The van der Waals surface area contributed by atoms with Gasteiger partial charge in [0.05, 0.1) is 21.4 Å². The van der Waals surface area contributed by atoms with Crippen molar-refractivity contribution in [3.8, 4) is 11.5 Å². The molecule has 1 saturated heterocycles. The van der Waals surface area contributed by atoms with Gasteiger partial charge in [0.1, 0.15) is 18.1 Å². The molecule has 0 amide bonds. The number of benzene rings is 2. The summed E-state index contributed by atoms with van der Waals surface area (Å²) in [6.45, 7) is 1.24. The Labute approximate surface area is 185 Å². The predicted molar refractivity (Wildman–Crippen MR) is 116 cm³/mol. The molecule has 1 heterocycles. The fraction of sp³-hybridized carbons (Fsp3) is 0.368. The Morgan fingerprint density at radius 3 is 2.23 bits per heavy atom. The van der Waals surface area contributed by atoms with Gasteiger partial charge in [0.15, 0.2) is 0 Å². The summed E-state index contributed by atoms with van der Waals surface area (Å²) in [6, 6.07) is 10.6. The molecule has 0 saturated carbocycles. The lowest BCUT2D eigenvalue weighted by atomic mass is 10.3. The molecule has 1 aliphatic rings. The van der Waals surface area contributed by atoms with Crippen molar-refractivity contribution in [2.24, 2.45) is 0 Å². The van der Waals surface area contributed by atoms with Gasteiger partial charge in [-0.3, -0.25) is 0 Å². The molecule has 1 N–H and O–H groups in total. The van der Waals surface area contributed by atoms with Gasteiger partial charge in [-0.1, -0.05) is 0 Å². The standard InChI is InChI=1S/C19H23BrN2O6S2/c1-27-19-9-8-17(14-18(19)20)29(23,24)21-10-13-28-15-4-6-16(7-5-15)30(25,26)22-11-2-3-12-22/h4-9,14,21H,2-3,10-13H2,1H3. The van der Waals surface area contributed by atoms with E-state index in [0.29, 0.717) is 29.1 Å². The van der Waals surface area contributed by atoms with Crippen LogP contribution >= 0.6 is 15.9 Å². The number of halogens is 1. The SMILES string of the molecule is COc1ccc(S(=O)(=O)NCCOc2ccc(S(=O)(=O)N3CCCC3)cc2)cc1Br. The van der Waals surface area contributed by atoms with Gasteiger partial charge in [-0.05, 0) is 71.2 Å². The molecule has 1 fully saturated rings. The Hall–Kier alpha value is -1.66. The minimum atomic E-state index is -3.70. The average Bonchev–Trinajstić information content (AvgIpc) is 3.27. The lowest BCUT2D eigenvalue weighted by Crippen LogP contribution is -2.28. The lowest BCUT2D eigenvalue weighted by molar-refractivity contribution is 0.322. The van der Waals surface area contributed by atoms with Crippen LogP contribution in [-0.4, -0.2) is 54.5 Å². The second kappa shape index (κ2) is 9.65. The molecule has 11 heteroatoms. The van der Waals surface area contributed by atoms with Gasteiger partial charge in [0.2, 0.25) is 20.0 Å². The zero-order chi connectivity index (χ0) is 21.8. The van der Waals surface area contributed by atoms with Crippen molar-refractivity contribution in [1.29, 1.82) is 0 Å². The zero-order valence-corrected chi connectivity index (χ0v) is 19.6. The number of ether oxygens (including phenoxy) is 2.